The molecule has 6 rings (SSSR count). The molecule has 35 heavy (non-hydrogen) atoms. The summed E-state index contributed by atoms with van der Waals surface area (Å²) in [5.74, 6) is 1.94. The molecule has 7 nitrogen and oxygen atoms in total. The molecule has 0 aliphatic carbocycles. The molecule has 1 aromatic heterocycles. The Morgan fingerprint density at radius 2 is 1.80 bits per heavy atom. The van der Waals surface area contributed by atoms with Crippen molar-refractivity contribution in [2.24, 2.45) is 0 Å². The van der Waals surface area contributed by atoms with Gasteiger partial charge >= 0.3 is 0 Å². The molecule has 3 heterocycles. The van der Waals surface area contributed by atoms with Crippen LogP contribution in [0.5, 0.6) is 17.2 Å². The van der Waals surface area contributed by atoms with Crippen LogP contribution in [0.4, 0.5) is 10.3 Å². The average Bonchev–Trinajstić information content (AvgIpc) is 3.36. The Bertz CT molecular complexity index is 1490. The summed E-state index contributed by atoms with van der Waals surface area (Å²) in [7, 11) is 3.18. The highest BCUT2D eigenvalue weighted by atomic mass is 35.5. The topological polar surface area (TPSA) is 70.4 Å². The molecule has 0 fully saturated rings. The van der Waals surface area contributed by atoms with E-state index in [2.05, 4.69) is 15.4 Å². The zero-order valence-corrected chi connectivity index (χ0v) is 19.6. The lowest BCUT2D eigenvalue weighted by molar-refractivity contribution is 0.222. The monoisotopic (exact) mass is 490 g/mol. The molecule has 0 unspecified atom stereocenters. The van der Waals surface area contributed by atoms with Gasteiger partial charge in [0.1, 0.15) is 30.0 Å². The number of methoxy groups -OCH3 is 2. The number of hydrogen-bond donors (Lipinski definition) is 1. The number of para-hydroxylation sites is 1. The minimum atomic E-state index is -0.616. The number of anilines is 1. The summed E-state index contributed by atoms with van der Waals surface area (Å²) in [4.78, 5) is 4.43. The van der Waals surface area contributed by atoms with E-state index in [4.69, 9.17) is 25.8 Å². The number of hydrogen-bond acceptors (Lipinski definition) is 6. The van der Waals surface area contributed by atoms with E-state index in [0.29, 0.717) is 28.8 Å². The smallest absolute Gasteiger partial charge is 0.226 e. The lowest BCUT2D eigenvalue weighted by Gasteiger charge is -2.39. The van der Waals surface area contributed by atoms with Gasteiger partial charge in [0.2, 0.25) is 5.95 Å². The second-order valence-electron chi connectivity index (χ2n) is 8.17. The second-order valence-corrected chi connectivity index (χ2v) is 8.58. The van der Waals surface area contributed by atoms with Crippen LogP contribution in [0.25, 0.3) is 5.70 Å². The Hall–Kier alpha value is -4.04. The standard InChI is InChI=1S/C26H20ClFN4O3/c1-33-20-10-8-14(12-21(20)34-2)24-22-23(31-26-29-13-30-32(24)26)16-5-3-4-6-19(16)35-25(22)15-7-9-17(27)18(28)11-15/h3-13,24-25H,1-2H3,(H,29,30,31)/t24-,25-/m0/s1. The van der Waals surface area contributed by atoms with Crippen LogP contribution in [0, 0.1) is 5.82 Å². The summed E-state index contributed by atoms with van der Waals surface area (Å²) < 4.78 is 33.9. The zero-order valence-electron chi connectivity index (χ0n) is 18.8. The van der Waals surface area contributed by atoms with E-state index in [9.17, 15) is 4.39 Å². The van der Waals surface area contributed by atoms with Crippen LogP contribution in [0.1, 0.15) is 28.8 Å². The van der Waals surface area contributed by atoms with Crippen molar-refractivity contribution in [1.29, 1.82) is 0 Å². The van der Waals surface area contributed by atoms with Gasteiger partial charge in [0.15, 0.2) is 11.5 Å². The Morgan fingerprint density at radius 1 is 1.00 bits per heavy atom. The summed E-state index contributed by atoms with van der Waals surface area (Å²) in [5, 5.41) is 7.98. The van der Waals surface area contributed by atoms with Gasteiger partial charge < -0.3 is 19.5 Å². The van der Waals surface area contributed by atoms with Crippen molar-refractivity contribution in [2.75, 3.05) is 19.5 Å². The SMILES string of the molecule is COc1ccc([C@H]2C3=C(Nc4ncnn42)c2ccccc2O[C@H]3c2ccc(Cl)c(F)c2)cc1OC. The molecule has 0 spiro atoms. The van der Waals surface area contributed by atoms with E-state index >= 15 is 0 Å². The zero-order chi connectivity index (χ0) is 24.1. The van der Waals surface area contributed by atoms with Crippen LogP contribution in [-0.4, -0.2) is 29.0 Å². The molecule has 4 aromatic rings. The van der Waals surface area contributed by atoms with Crippen molar-refractivity contribution in [3.63, 3.8) is 0 Å². The molecular weight excluding hydrogens is 471 g/mol. The van der Waals surface area contributed by atoms with Crippen molar-refractivity contribution in [1.82, 2.24) is 14.8 Å². The third-order valence-corrected chi connectivity index (χ3v) is 6.60. The first-order chi connectivity index (χ1) is 17.1. The fourth-order valence-corrected chi connectivity index (χ4v) is 4.83. The van der Waals surface area contributed by atoms with Gasteiger partial charge in [-0.25, -0.2) is 9.07 Å². The molecule has 3 aromatic carbocycles. The molecule has 2 aliphatic rings. The lowest BCUT2D eigenvalue weighted by Crippen LogP contribution is -2.32. The van der Waals surface area contributed by atoms with Crippen molar-refractivity contribution >= 4 is 23.2 Å². The second kappa shape index (κ2) is 8.32. The van der Waals surface area contributed by atoms with E-state index in [0.717, 1.165) is 22.4 Å². The Morgan fingerprint density at radius 3 is 2.60 bits per heavy atom. The number of aromatic nitrogens is 3. The van der Waals surface area contributed by atoms with Crippen LogP contribution in [0.15, 0.2) is 72.6 Å². The number of benzene rings is 3. The maximum absolute atomic E-state index is 14.6. The largest absolute Gasteiger partial charge is 0.493 e. The number of nitrogens with one attached hydrogen (secondary N) is 1. The van der Waals surface area contributed by atoms with Gasteiger partial charge in [-0.05, 0) is 47.5 Å². The highest BCUT2D eigenvalue weighted by molar-refractivity contribution is 6.30. The molecule has 1 N–H and O–H groups in total. The number of nitrogens with zero attached hydrogens (tertiary/aromatic N) is 3. The fraction of sp³-hybridized carbons (Fsp3) is 0.154. The molecule has 176 valence electrons. The normalized spacial score (nSPS) is 18.1. The molecular formula is C26H20ClFN4O3. The van der Waals surface area contributed by atoms with Gasteiger partial charge in [-0.15, -0.1) is 0 Å². The van der Waals surface area contributed by atoms with Crippen molar-refractivity contribution in [2.45, 2.75) is 12.1 Å². The predicted octanol–water partition coefficient (Wildman–Crippen LogP) is 5.65. The summed E-state index contributed by atoms with van der Waals surface area (Å²) in [5.41, 5.74) is 4.09. The fourth-order valence-electron chi connectivity index (χ4n) is 4.71. The van der Waals surface area contributed by atoms with E-state index in [1.807, 2.05) is 42.5 Å². The lowest BCUT2D eigenvalue weighted by atomic mass is 9.84. The van der Waals surface area contributed by atoms with Crippen LogP contribution in [0.3, 0.4) is 0 Å². The quantitative estimate of drug-likeness (QED) is 0.399. The highest BCUT2D eigenvalue weighted by Crippen LogP contribution is 2.51. The van der Waals surface area contributed by atoms with Crippen LogP contribution >= 0.6 is 11.6 Å². The molecule has 2 atom stereocenters. The van der Waals surface area contributed by atoms with Crippen LogP contribution in [0.2, 0.25) is 5.02 Å². The number of halogens is 2. The van der Waals surface area contributed by atoms with Gasteiger partial charge in [0.05, 0.1) is 24.9 Å². The maximum Gasteiger partial charge on any atom is 0.226 e. The van der Waals surface area contributed by atoms with Gasteiger partial charge in [0, 0.05) is 11.1 Å². The maximum atomic E-state index is 14.6. The van der Waals surface area contributed by atoms with Crippen molar-refractivity contribution in [3.8, 4) is 17.2 Å². The summed E-state index contributed by atoms with van der Waals surface area (Å²) >= 11 is 5.99. The number of rotatable bonds is 4. The highest BCUT2D eigenvalue weighted by Gasteiger charge is 2.41. The predicted molar refractivity (Wildman–Crippen MR) is 129 cm³/mol. The Balaban J connectivity index is 1.62. The van der Waals surface area contributed by atoms with E-state index in [-0.39, 0.29) is 5.02 Å². The minimum Gasteiger partial charge on any atom is -0.493 e. The van der Waals surface area contributed by atoms with E-state index in [1.165, 1.54) is 12.4 Å². The van der Waals surface area contributed by atoms with Gasteiger partial charge in [-0.2, -0.15) is 10.1 Å². The van der Waals surface area contributed by atoms with Crippen molar-refractivity contribution in [3.05, 3.63) is 100 Å². The molecule has 0 saturated heterocycles. The molecule has 9 heteroatoms. The first-order valence-electron chi connectivity index (χ1n) is 10.9. The number of fused-ring (bicyclic) bond motifs is 3. The third kappa shape index (κ3) is 3.40. The summed E-state index contributed by atoms with van der Waals surface area (Å²) in [6.07, 6.45) is 0.882. The minimum absolute atomic E-state index is 0.0518. The Kier molecular flexibility index (Phi) is 5.11. The summed E-state index contributed by atoms with van der Waals surface area (Å²) in [6, 6.07) is 17.7. The number of ether oxygens (including phenoxy) is 3. The molecule has 2 aliphatic heterocycles. The van der Waals surface area contributed by atoms with Crippen LogP contribution in [-0.2, 0) is 0 Å². The molecule has 0 amide bonds. The van der Waals surface area contributed by atoms with Gasteiger partial charge in [-0.1, -0.05) is 35.9 Å². The Labute approximate surface area is 205 Å². The molecule has 0 bridgehead atoms. The average molecular weight is 491 g/mol. The first kappa shape index (κ1) is 21.5. The summed E-state index contributed by atoms with van der Waals surface area (Å²) in [6.45, 7) is 0. The third-order valence-electron chi connectivity index (χ3n) is 6.29. The molecule has 0 saturated carbocycles. The van der Waals surface area contributed by atoms with Crippen LogP contribution < -0.4 is 19.5 Å². The van der Waals surface area contributed by atoms with E-state index < -0.39 is 18.0 Å². The first-order valence-corrected chi connectivity index (χ1v) is 11.3. The molecule has 0 radical (unpaired) electrons. The van der Waals surface area contributed by atoms with Crippen molar-refractivity contribution < 1.29 is 18.6 Å². The van der Waals surface area contributed by atoms with Gasteiger partial charge in [0.25, 0.3) is 0 Å². The van der Waals surface area contributed by atoms with E-state index in [1.54, 1.807) is 31.0 Å². The van der Waals surface area contributed by atoms with Gasteiger partial charge in [-0.3, -0.25) is 0 Å².